The van der Waals surface area contributed by atoms with Crippen LogP contribution in [0.25, 0.3) is 5.69 Å². The van der Waals surface area contributed by atoms with Crippen LogP contribution in [0.3, 0.4) is 0 Å². The summed E-state index contributed by atoms with van der Waals surface area (Å²) in [5.74, 6) is 1.37. The van der Waals surface area contributed by atoms with Gasteiger partial charge in [-0.25, -0.2) is 0 Å². The maximum absolute atomic E-state index is 12.9. The zero-order valence-electron chi connectivity index (χ0n) is 15.7. The highest BCUT2D eigenvalue weighted by Gasteiger charge is 2.41. The van der Waals surface area contributed by atoms with E-state index in [1.807, 2.05) is 37.4 Å². The van der Waals surface area contributed by atoms with E-state index >= 15 is 0 Å². The van der Waals surface area contributed by atoms with Crippen molar-refractivity contribution in [3.8, 4) is 5.69 Å². The second-order valence-electron chi connectivity index (χ2n) is 7.85. The number of carbonyl (C=O) groups excluding carboxylic acids is 1. The van der Waals surface area contributed by atoms with Gasteiger partial charge in [-0.15, -0.1) is 12.4 Å². The summed E-state index contributed by atoms with van der Waals surface area (Å²) in [4.78, 5) is 16.4. The molecule has 2 N–H and O–H groups in total. The highest BCUT2D eigenvalue weighted by molar-refractivity contribution is 5.85. The first-order chi connectivity index (χ1) is 12.6. The normalized spacial score (nSPS) is 26.9. The summed E-state index contributed by atoms with van der Waals surface area (Å²) in [6.45, 7) is 0.490. The Kier molecular flexibility index (Phi) is 6.17. The fourth-order valence-corrected chi connectivity index (χ4v) is 4.68. The van der Waals surface area contributed by atoms with Gasteiger partial charge < -0.3 is 10.6 Å². The number of nitrogens with two attached hydrogens (primary N) is 1. The predicted molar refractivity (Wildman–Crippen MR) is 107 cm³/mol. The lowest BCUT2D eigenvalue weighted by atomic mass is 9.65. The minimum Gasteiger partial charge on any atom is -0.339 e. The summed E-state index contributed by atoms with van der Waals surface area (Å²) in [6.07, 6.45) is 7.24. The molecule has 6 nitrogen and oxygen atoms in total. The number of rotatable bonds is 4. The molecule has 4 rings (SSSR count). The highest BCUT2D eigenvalue weighted by Crippen LogP contribution is 2.42. The van der Waals surface area contributed by atoms with Crippen molar-refractivity contribution >= 4 is 18.3 Å². The van der Waals surface area contributed by atoms with Crippen LogP contribution in [-0.4, -0.2) is 38.9 Å². The fraction of sp³-hybridized carbons (Fsp3) is 0.550. The monoisotopic (exact) mass is 389 g/mol. The lowest BCUT2D eigenvalue weighted by Gasteiger charge is -2.44. The molecular formula is C20H28ClN5O. The first-order valence-electron chi connectivity index (χ1n) is 9.59. The van der Waals surface area contributed by atoms with Crippen molar-refractivity contribution in [3.63, 3.8) is 0 Å². The van der Waals surface area contributed by atoms with Crippen LogP contribution in [0.4, 0.5) is 0 Å². The summed E-state index contributed by atoms with van der Waals surface area (Å²) < 4.78 is 0. The van der Waals surface area contributed by atoms with E-state index in [0.717, 1.165) is 24.2 Å². The van der Waals surface area contributed by atoms with Crippen LogP contribution in [0, 0.1) is 17.8 Å². The van der Waals surface area contributed by atoms with Gasteiger partial charge in [-0.2, -0.15) is 15.0 Å². The molecule has 2 fully saturated rings. The number of aromatic nitrogens is 3. The molecule has 1 amide bonds. The van der Waals surface area contributed by atoms with Gasteiger partial charge in [0.05, 0.1) is 18.4 Å². The topological polar surface area (TPSA) is 77.0 Å². The molecule has 2 aliphatic rings. The van der Waals surface area contributed by atoms with Gasteiger partial charge >= 0.3 is 0 Å². The number of para-hydroxylation sites is 1. The molecule has 2 aromatic rings. The summed E-state index contributed by atoms with van der Waals surface area (Å²) in [6, 6.07) is 10.1. The second-order valence-corrected chi connectivity index (χ2v) is 7.85. The van der Waals surface area contributed by atoms with Crippen molar-refractivity contribution < 1.29 is 4.79 Å². The van der Waals surface area contributed by atoms with Crippen LogP contribution in [0.15, 0.2) is 36.5 Å². The fourth-order valence-electron chi connectivity index (χ4n) is 4.68. The highest BCUT2D eigenvalue weighted by atomic mass is 35.5. The number of benzene rings is 1. The van der Waals surface area contributed by atoms with Crippen LogP contribution in [0.1, 0.15) is 37.8 Å². The van der Waals surface area contributed by atoms with Crippen molar-refractivity contribution in [1.82, 2.24) is 19.9 Å². The lowest BCUT2D eigenvalue weighted by Crippen LogP contribution is -2.49. The van der Waals surface area contributed by atoms with E-state index in [2.05, 4.69) is 10.2 Å². The zero-order valence-corrected chi connectivity index (χ0v) is 16.5. The smallest absolute Gasteiger partial charge is 0.225 e. The molecule has 27 heavy (non-hydrogen) atoms. The first kappa shape index (κ1) is 19.8. The largest absolute Gasteiger partial charge is 0.339 e. The van der Waals surface area contributed by atoms with Crippen LogP contribution in [-0.2, 0) is 11.3 Å². The number of halogens is 1. The Morgan fingerprint density at radius 3 is 2.56 bits per heavy atom. The lowest BCUT2D eigenvalue weighted by molar-refractivity contribution is -0.137. The van der Waals surface area contributed by atoms with Gasteiger partial charge in [0.2, 0.25) is 5.91 Å². The number of nitrogens with zero attached hydrogens (tertiary/aromatic N) is 4. The molecule has 2 atom stereocenters. The van der Waals surface area contributed by atoms with Crippen LogP contribution in [0.5, 0.6) is 0 Å². The molecule has 2 unspecified atom stereocenters. The first-order valence-corrected chi connectivity index (χ1v) is 9.59. The second kappa shape index (κ2) is 8.40. The molecule has 2 saturated carbocycles. The van der Waals surface area contributed by atoms with Gasteiger partial charge in [0.1, 0.15) is 5.69 Å². The molecule has 2 aliphatic carbocycles. The summed E-state index contributed by atoms with van der Waals surface area (Å²) in [5, 5.41) is 8.83. The summed E-state index contributed by atoms with van der Waals surface area (Å²) >= 11 is 0. The third kappa shape index (κ3) is 4.17. The number of fused-ring (bicyclic) bond motifs is 2. The Labute approximate surface area is 166 Å². The Morgan fingerprint density at radius 1 is 1.22 bits per heavy atom. The quantitative estimate of drug-likeness (QED) is 0.872. The maximum Gasteiger partial charge on any atom is 0.225 e. The molecule has 1 aromatic carbocycles. The number of hydrogen-bond acceptors (Lipinski definition) is 4. The van der Waals surface area contributed by atoms with E-state index in [9.17, 15) is 4.79 Å². The molecule has 0 radical (unpaired) electrons. The molecule has 1 aromatic heterocycles. The zero-order chi connectivity index (χ0) is 18.1. The summed E-state index contributed by atoms with van der Waals surface area (Å²) in [5.41, 5.74) is 8.08. The van der Waals surface area contributed by atoms with Crippen LogP contribution >= 0.6 is 12.4 Å². The van der Waals surface area contributed by atoms with Crippen molar-refractivity contribution in [2.75, 3.05) is 7.05 Å². The summed E-state index contributed by atoms with van der Waals surface area (Å²) in [7, 11) is 1.87. The van der Waals surface area contributed by atoms with E-state index < -0.39 is 0 Å². The molecule has 2 bridgehead atoms. The molecule has 7 heteroatoms. The molecule has 146 valence electrons. The van der Waals surface area contributed by atoms with Gasteiger partial charge in [0.25, 0.3) is 0 Å². The SMILES string of the molecule is CN(Cc1cnn(-c2ccccc2)n1)C(=O)C1CC2CCCC(C1)C2N.Cl. The Balaban J connectivity index is 0.00000210. The molecular weight excluding hydrogens is 362 g/mol. The predicted octanol–water partition coefficient (Wildman–Crippen LogP) is 2.80. The van der Waals surface area contributed by atoms with Gasteiger partial charge in [0, 0.05) is 19.0 Å². The molecule has 0 saturated heterocycles. The van der Waals surface area contributed by atoms with Gasteiger partial charge in [-0.1, -0.05) is 24.6 Å². The van der Waals surface area contributed by atoms with Gasteiger partial charge in [-0.05, 0) is 49.7 Å². The van der Waals surface area contributed by atoms with Gasteiger partial charge in [0.15, 0.2) is 0 Å². The van der Waals surface area contributed by atoms with Crippen molar-refractivity contribution in [3.05, 3.63) is 42.2 Å². The van der Waals surface area contributed by atoms with Crippen molar-refractivity contribution in [2.45, 2.75) is 44.7 Å². The minimum absolute atomic E-state index is 0. The standard InChI is InChI=1S/C20H27N5O.ClH/c1-24(13-17-12-22-25(23-17)18-8-3-2-4-9-18)20(26)16-10-14-6-5-7-15(11-16)19(14)21;/h2-4,8-9,12,14-16,19H,5-7,10-11,13,21H2,1H3;1H. The Bertz CT molecular complexity index is 751. The van der Waals surface area contributed by atoms with Crippen molar-refractivity contribution in [1.29, 1.82) is 0 Å². The van der Waals surface area contributed by atoms with E-state index in [-0.39, 0.29) is 24.2 Å². The minimum atomic E-state index is 0. The van der Waals surface area contributed by atoms with Crippen LogP contribution in [0.2, 0.25) is 0 Å². The van der Waals surface area contributed by atoms with Gasteiger partial charge in [-0.3, -0.25) is 4.79 Å². The number of amides is 1. The molecule has 0 spiro atoms. The Hall–Kier alpha value is -1.92. The van der Waals surface area contributed by atoms with E-state index in [4.69, 9.17) is 5.73 Å². The van der Waals surface area contributed by atoms with E-state index in [1.54, 1.807) is 15.9 Å². The molecule has 0 aliphatic heterocycles. The third-order valence-electron chi connectivity index (χ3n) is 6.06. The van der Waals surface area contributed by atoms with Crippen molar-refractivity contribution in [2.24, 2.45) is 23.5 Å². The Morgan fingerprint density at radius 2 is 1.89 bits per heavy atom. The van der Waals surface area contributed by atoms with E-state index in [1.165, 1.54) is 19.3 Å². The average Bonchev–Trinajstić information content (AvgIpc) is 3.10. The van der Waals surface area contributed by atoms with Crippen LogP contribution < -0.4 is 5.73 Å². The molecule has 1 heterocycles. The maximum atomic E-state index is 12.9. The van der Waals surface area contributed by atoms with E-state index in [0.29, 0.717) is 24.4 Å². The third-order valence-corrected chi connectivity index (χ3v) is 6.06. The number of carbonyl (C=O) groups is 1. The average molecular weight is 390 g/mol. The number of hydrogen-bond donors (Lipinski definition) is 1.